The minimum Gasteiger partial charge on any atom is -0.504 e. The number of nitrogens with one attached hydrogen (secondary N) is 1. The molecule has 12 heteroatoms. The molecule has 1 saturated heterocycles. The quantitative estimate of drug-likeness (QED) is 0.274. The summed E-state index contributed by atoms with van der Waals surface area (Å²) in [4.78, 5) is 10.1. The Labute approximate surface area is 166 Å². The fourth-order valence-corrected chi connectivity index (χ4v) is 4.25. The van der Waals surface area contributed by atoms with Gasteiger partial charge in [0, 0.05) is 30.8 Å². The second-order valence-electron chi connectivity index (χ2n) is 6.04. The van der Waals surface area contributed by atoms with Gasteiger partial charge >= 0.3 is 0 Å². The van der Waals surface area contributed by atoms with Gasteiger partial charge in [0.2, 0.25) is 10.0 Å². The molecule has 1 aliphatic rings. The highest BCUT2D eigenvalue weighted by molar-refractivity contribution is 7.89. The topological polar surface area (TPSA) is 155 Å². The molecule has 0 saturated carbocycles. The van der Waals surface area contributed by atoms with Crippen molar-refractivity contribution in [2.45, 2.75) is 4.90 Å². The van der Waals surface area contributed by atoms with Gasteiger partial charge in [0.05, 0.1) is 30.0 Å². The van der Waals surface area contributed by atoms with E-state index in [1.807, 2.05) is 0 Å². The van der Waals surface area contributed by atoms with Crippen molar-refractivity contribution in [1.82, 2.24) is 4.31 Å². The van der Waals surface area contributed by atoms with Crippen molar-refractivity contribution in [2.24, 2.45) is 5.10 Å². The minimum absolute atomic E-state index is 0.0259. The number of rotatable bonds is 6. The number of sulfonamides is 1. The molecule has 0 unspecified atom stereocenters. The summed E-state index contributed by atoms with van der Waals surface area (Å²) >= 11 is 0. The maximum atomic E-state index is 13.0. The smallest absolute Gasteiger partial charge is 0.270 e. The lowest BCUT2D eigenvalue weighted by Crippen LogP contribution is -2.40. The normalized spacial score (nSPS) is 15.4. The highest BCUT2D eigenvalue weighted by Crippen LogP contribution is 2.30. The molecule has 0 amide bonds. The first kappa shape index (κ1) is 20.5. The van der Waals surface area contributed by atoms with Crippen LogP contribution in [0, 0.1) is 10.1 Å². The number of phenolic OH excluding ortho intramolecular Hbond substituents is 2. The van der Waals surface area contributed by atoms with Crippen LogP contribution in [0.15, 0.2) is 46.4 Å². The van der Waals surface area contributed by atoms with E-state index >= 15 is 0 Å². The predicted octanol–water partition coefficient (Wildman–Crippen LogP) is 1.47. The maximum Gasteiger partial charge on any atom is 0.270 e. The van der Waals surface area contributed by atoms with Crippen molar-refractivity contribution in [3.63, 3.8) is 0 Å². The van der Waals surface area contributed by atoms with Gasteiger partial charge in [0.15, 0.2) is 11.5 Å². The average Bonchev–Trinajstić information content (AvgIpc) is 2.71. The number of hydrogen-bond acceptors (Lipinski definition) is 9. The minimum atomic E-state index is -4.04. The second kappa shape index (κ2) is 8.43. The summed E-state index contributed by atoms with van der Waals surface area (Å²) in [5.74, 6) is -0.720. The molecule has 0 aromatic heterocycles. The number of nitro benzene ring substituents is 1. The van der Waals surface area contributed by atoms with E-state index in [0.717, 1.165) is 12.1 Å². The van der Waals surface area contributed by atoms with Gasteiger partial charge in [-0.05, 0) is 18.2 Å². The van der Waals surface area contributed by atoms with E-state index in [1.54, 1.807) is 0 Å². The average molecular weight is 422 g/mol. The molecular formula is C17H18N4O7S. The van der Waals surface area contributed by atoms with E-state index in [0.29, 0.717) is 0 Å². The standard InChI is InChI=1S/C17H18N4O7S/c22-15-3-1-2-12(17(15)23)11-18-19-14-5-4-13(21(24)25)10-16(14)29(26,27)20-6-8-28-9-7-20/h1-5,10-11,19,22-23H,6-9H2/b18-11+. The number of anilines is 1. The molecule has 1 fully saturated rings. The Hall–Kier alpha value is -3.22. The van der Waals surface area contributed by atoms with E-state index in [2.05, 4.69) is 10.5 Å². The zero-order valence-electron chi connectivity index (χ0n) is 15.1. The van der Waals surface area contributed by atoms with Crippen LogP contribution in [-0.4, -0.2) is 60.4 Å². The van der Waals surface area contributed by atoms with Crippen molar-refractivity contribution in [2.75, 3.05) is 31.7 Å². The molecule has 11 nitrogen and oxygen atoms in total. The number of nitrogens with zero attached hydrogens (tertiary/aromatic N) is 3. The van der Waals surface area contributed by atoms with Crippen LogP contribution in [0.3, 0.4) is 0 Å². The lowest BCUT2D eigenvalue weighted by atomic mass is 10.2. The third kappa shape index (κ3) is 4.45. The molecular weight excluding hydrogens is 404 g/mol. The van der Waals surface area contributed by atoms with E-state index in [9.17, 15) is 28.7 Å². The molecule has 3 rings (SSSR count). The number of para-hydroxylation sites is 1. The summed E-state index contributed by atoms with van der Waals surface area (Å²) in [6.07, 6.45) is 1.18. The van der Waals surface area contributed by atoms with Crippen LogP contribution >= 0.6 is 0 Å². The fraction of sp³-hybridized carbons (Fsp3) is 0.235. The third-order valence-electron chi connectivity index (χ3n) is 4.20. The monoisotopic (exact) mass is 422 g/mol. The highest BCUT2D eigenvalue weighted by atomic mass is 32.2. The Kier molecular flexibility index (Phi) is 5.96. The first-order valence-electron chi connectivity index (χ1n) is 8.47. The molecule has 0 bridgehead atoms. The van der Waals surface area contributed by atoms with Gasteiger partial charge in [0.25, 0.3) is 5.69 Å². The lowest BCUT2D eigenvalue weighted by Gasteiger charge is -2.26. The van der Waals surface area contributed by atoms with Crippen LogP contribution in [0.5, 0.6) is 11.5 Å². The van der Waals surface area contributed by atoms with Gasteiger partial charge in [-0.25, -0.2) is 8.42 Å². The molecule has 1 aliphatic heterocycles. The van der Waals surface area contributed by atoms with Crippen molar-refractivity contribution in [3.05, 3.63) is 52.1 Å². The van der Waals surface area contributed by atoms with E-state index in [4.69, 9.17) is 4.74 Å². The third-order valence-corrected chi connectivity index (χ3v) is 6.14. The number of hydrogen-bond donors (Lipinski definition) is 3. The number of phenols is 2. The number of aromatic hydroxyl groups is 2. The molecule has 0 spiro atoms. The van der Waals surface area contributed by atoms with Crippen LogP contribution in [0.4, 0.5) is 11.4 Å². The van der Waals surface area contributed by atoms with Gasteiger partial charge in [0.1, 0.15) is 4.90 Å². The maximum absolute atomic E-state index is 13.0. The summed E-state index contributed by atoms with van der Waals surface area (Å²) in [7, 11) is -4.04. The molecule has 1 heterocycles. The zero-order valence-corrected chi connectivity index (χ0v) is 15.9. The van der Waals surface area contributed by atoms with Crippen LogP contribution in [0.1, 0.15) is 5.56 Å². The van der Waals surface area contributed by atoms with Gasteiger partial charge in [-0.3, -0.25) is 15.5 Å². The van der Waals surface area contributed by atoms with Gasteiger partial charge in [-0.15, -0.1) is 0 Å². The fourth-order valence-electron chi connectivity index (χ4n) is 2.68. The van der Waals surface area contributed by atoms with Crippen LogP contribution in [-0.2, 0) is 14.8 Å². The number of nitro groups is 1. The van der Waals surface area contributed by atoms with Crippen LogP contribution in [0.2, 0.25) is 0 Å². The van der Waals surface area contributed by atoms with E-state index in [-0.39, 0.29) is 59.6 Å². The number of non-ortho nitro benzene ring substituents is 1. The Balaban J connectivity index is 1.95. The van der Waals surface area contributed by atoms with Gasteiger partial charge < -0.3 is 14.9 Å². The molecule has 154 valence electrons. The van der Waals surface area contributed by atoms with E-state index < -0.39 is 14.9 Å². The lowest BCUT2D eigenvalue weighted by molar-refractivity contribution is -0.385. The zero-order chi connectivity index (χ0) is 21.0. The van der Waals surface area contributed by atoms with Crippen molar-refractivity contribution in [1.29, 1.82) is 0 Å². The molecule has 0 aliphatic carbocycles. The van der Waals surface area contributed by atoms with Crippen molar-refractivity contribution < 1.29 is 28.3 Å². The number of hydrazone groups is 1. The first-order valence-corrected chi connectivity index (χ1v) is 9.91. The summed E-state index contributed by atoms with van der Waals surface area (Å²) in [5.41, 5.74) is 2.38. The summed E-state index contributed by atoms with van der Waals surface area (Å²) in [6, 6.07) is 7.64. The van der Waals surface area contributed by atoms with Gasteiger partial charge in [-0.1, -0.05) is 6.07 Å². The second-order valence-corrected chi connectivity index (χ2v) is 7.95. The molecule has 29 heavy (non-hydrogen) atoms. The Morgan fingerprint density at radius 1 is 1.21 bits per heavy atom. The molecule has 0 atom stereocenters. The number of ether oxygens (including phenoxy) is 1. The molecule has 2 aromatic rings. The highest BCUT2D eigenvalue weighted by Gasteiger charge is 2.30. The SMILES string of the molecule is O=[N+]([O-])c1ccc(N/N=C/c2cccc(O)c2O)c(S(=O)(=O)N2CCOCC2)c1. The molecule has 3 N–H and O–H groups in total. The van der Waals surface area contributed by atoms with E-state index in [1.165, 1.54) is 34.8 Å². The Morgan fingerprint density at radius 3 is 2.62 bits per heavy atom. The molecule has 0 radical (unpaired) electrons. The van der Waals surface area contributed by atoms with Crippen LogP contribution in [0.25, 0.3) is 0 Å². The Morgan fingerprint density at radius 2 is 1.93 bits per heavy atom. The number of benzene rings is 2. The largest absolute Gasteiger partial charge is 0.504 e. The summed E-state index contributed by atoms with van der Waals surface area (Å²) < 4.78 is 32.3. The Bertz CT molecular complexity index is 1050. The predicted molar refractivity (Wildman–Crippen MR) is 104 cm³/mol. The van der Waals surface area contributed by atoms with Crippen LogP contribution < -0.4 is 5.43 Å². The van der Waals surface area contributed by atoms with Crippen molar-refractivity contribution in [3.8, 4) is 11.5 Å². The molecule has 2 aromatic carbocycles. The van der Waals surface area contributed by atoms with Crippen molar-refractivity contribution >= 4 is 27.6 Å². The van der Waals surface area contributed by atoms with Gasteiger partial charge in [-0.2, -0.15) is 9.41 Å². The summed E-state index contributed by atoms with van der Waals surface area (Å²) in [6.45, 7) is 0.716. The first-order chi connectivity index (χ1) is 13.8. The summed E-state index contributed by atoms with van der Waals surface area (Å²) in [5, 5.41) is 34.3. The number of morpholine rings is 1.